The van der Waals surface area contributed by atoms with Gasteiger partial charge in [0, 0.05) is 5.56 Å². The molecule has 3 nitrogen and oxygen atoms in total. The Morgan fingerprint density at radius 3 is 1.90 bits per heavy atom. The van der Waals surface area contributed by atoms with E-state index in [1.54, 1.807) is 6.92 Å². The van der Waals surface area contributed by atoms with E-state index in [0.717, 1.165) is 18.2 Å². The third-order valence-corrected chi connectivity index (χ3v) is 3.70. The fourth-order valence-electron chi connectivity index (χ4n) is 2.29. The number of esters is 1. The average Bonchev–Trinajstić information content (AvgIpc) is 2.61. The monoisotopic (exact) mass is 428 g/mol. The summed E-state index contributed by atoms with van der Waals surface area (Å²) in [6.07, 6.45) is -12.5. The van der Waals surface area contributed by atoms with Gasteiger partial charge in [-0.2, -0.15) is 26.3 Å². The van der Waals surface area contributed by atoms with Crippen molar-refractivity contribution in [2.24, 2.45) is 0 Å². The zero-order valence-corrected chi connectivity index (χ0v) is 14.5. The van der Waals surface area contributed by atoms with Crippen LogP contribution in [-0.2, 0) is 10.4 Å². The van der Waals surface area contributed by atoms with Gasteiger partial charge in [-0.05, 0) is 37.3 Å². The SMILES string of the molecule is CCOC(=O)c1ccc(Oc2ccc(C(F)(C(F)(F)F)C(F)(F)F)cc2)c(F)c1. The number of hydrogen-bond donors (Lipinski definition) is 0. The summed E-state index contributed by atoms with van der Waals surface area (Å²) in [6.45, 7) is 1.59. The van der Waals surface area contributed by atoms with E-state index in [1.807, 2.05) is 0 Å². The van der Waals surface area contributed by atoms with Crippen molar-refractivity contribution in [3.63, 3.8) is 0 Å². The van der Waals surface area contributed by atoms with E-state index in [9.17, 15) is 39.9 Å². The van der Waals surface area contributed by atoms with Crippen molar-refractivity contribution in [2.45, 2.75) is 24.9 Å². The Hall–Kier alpha value is -2.85. The first kappa shape index (κ1) is 22.4. The van der Waals surface area contributed by atoms with Crippen molar-refractivity contribution in [1.29, 1.82) is 0 Å². The van der Waals surface area contributed by atoms with Gasteiger partial charge in [-0.1, -0.05) is 12.1 Å². The molecule has 0 saturated heterocycles. The van der Waals surface area contributed by atoms with Gasteiger partial charge in [0.1, 0.15) is 5.75 Å². The van der Waals surface area contributed by atoms with Crippen LogP contribution in [0.25, 0.3) is 0 Å². The lowest BCUT2D eigenvalue weighted by Crippen LogP contribution is -2.50. The molecule has 0 aromatic heterocycles. The molecule has 29 heavy (non-hydrogen) atoms. The van der Waals surface area contributed by atoms with E-state index >= 15 is 0 Å². The molecule has 0 heterocycles. The first-order valence-corrected chi connectivity index (χ1v) is 7.88. The Kier molecular flexibility index (Phi) is 6.10. The summed E-state index contributed by atoms with van der Waals surface area (Å²) in [5, 5.41) is 0. The summed E-state index contributed by atoms with van der Waals surface area (Å²) < 4.78 is 114. The van der Waals surface area contributed by atoms with Crippen LogP contribution in [0.3, 0.4) is 0 Å². The van der Waals surface area contributed by atoms with Gasteiger partial charge in [0.15, 0.2) is 11.6 Å². The highest BCUT2D eigenvalue weighted by Crippen LogP contribution is 2.53. The van der Waals surface area contributed by atoms with Gasteiger partial charge in [0.05, 0.1) is 12.2 Å². The van der Waals surface area contributed by atoms with Crippen LogP contribution in [0.2, 0.25) is 0 Å². The minimum Gasteiger partial charge on any atom is -0.462 e. The second-order valence-corrected chi connectivity index (χ2v) is 5.65. The first-order valence-electron chi connectivity index (χ1n) is 7.88. The number of carbonyl (C=O) groups excluding carboxylic acids is 1. The maximum atomic E-state index is 14.0. The number of ether oxygens (including phenoxy) is 2. The molecule has 0 unspecified atom stereocenters. The predicted octanol–water partition coefficient (Wildman–Crippen LogP) is 6.08. The molecule has 0 atom stereocenters. The molecular formula is C18H12F8O3. The molecule has 2 aromatic rings. The van der Waals surface area contributed by atoms with Crippen molar-refractivity contribution < 1.29 is 49.4 Å². The summed E-state index contributed by atoms with van der Waals surface area (Å²) >= 11 is 0. The third-order valence-electron chi connectivity index (χ3n) is 3.70. The van der Waals surface area contributed by atoms with Gasteiger partial charge in [0.25, 0.3) is 0 Å². The lowest BCUT2D eigenvalue weighted by molar-refractivity contribution is -0.348. The fraction of sp³-hybridized carbons (Fsp3) is 0.278. The van der Waals surface area contributed by atoms with E-state index in [0.29, 0.717) is 12.1 Å². The topological polar surface area (TPSA) is 35.5 Å². The molecule has 0 radical (unpaired) electrons. The van der Waals surface area contributed by atoms with E-state index in [2.05, 4.69) is 4.74 Å². The van der Waals surface area contributed by atoms with Crippen molar-refractivity contribution in [3.8, 4) is 11.5 Å². The number of alkyl halides is 7. The molecule has 0 N–H and O–H groups in total. The van der Waals surface area contributed by atoms with Gasteiger partial charge in [0.2, 0.25) is 0 Å². The van der Waals surface area contributed by atoms with Crippen LogP contribution in [0.4, 0.5) is 35.1 Å². The van der Waals surface area contributed by atoms with Crippen molar-refractivity contribution in [1.82, 2.24) is 0 Å². The minimum atomic E-state index is -6.25. The highest BCUT2D eigenvalue weighted by Gasteiger charge is 2.73. The van der Waals surface area contributed by atoms with Gasteiger partial charge < -0.3 is 9.47 Å². The van der Waals surface area contributed by atoms with E-state index in [4.69, 9.17) is 4.74 Å². The van der Waals surface area contributed by atoms with Crippen LogP contribution >= 0.6 is 0 Å². The van der Waals surface area contributed by atoms with Crippen molar-refractivity contribution >= 4 is 5.97 Å². The van der Waals surface area contributed by atoms with Crippen molar-refractivity contribution in [2.75, 3.05) is 6.61 Å². The smallest absolute Gasteiger partial charge is 0.435 e. The van der Waals surface area contributed by atoms with Gasteiger partial charge in [-0.25, -0.2) is 13.6 Å². The quantitative estimate of drug-likeness (QED) is 0.428. The van der Waals surface area contributed by atoms with E-state index in [-0.39, 0.29) is 30.1 Å². The molecule has 0 bridgehead atoms. The second kappa shape index (κ2) is 7.88. The molecule has 0 fully saturated rings. The highest BCUT2D eigenvalue weighted by atomic mass is 19.4. The van der Waals surface area contributed by atoms with E-state index in [1.165, 1.54) is 0 Å². The van der Waals surface area contributed by atoms with Crippen LogP contribution < -0.4 is 4.74 Å². The van der Waals surface area contributed by atoms with Crippen LogP contribution in [0.15, 0.2) is 42.5 Å². The fourth-order valence-corrected chi connectivity index (χ4v) is 2.29. The zero-order chi connectivity index (χ0) is 22.0. The molecular weight excluding hydrogens is 416 g/mol. The molecule has 2 rings (SSSR count). The molecule has 2 aromatic carbocycles. The van der Waals surface area contributed by atoms with Crippen LogP contribution in [0.1, 0.15) is 22.8 Å². The summed E-state index contributed by atoms with van der Waals surface area (Å²) in [7, 11) is 0. The Morgan fingerprint density at radius 2 is 1.45 bits per heavy atom. The van der Waals surface area contributed by atoms with Gasteiger partial charge >= 0.3 is 24.0 Å². The molecule has 0 amide bonds. The maximum absolute atomic E-state index is 14.0. The number of halogens is 8. The Labute approximate surface area is 158 Å². The van der Waals surface area contributed by atoms with Gasteiger partial charge in [-0.15, -0.1) is 0 Å². The molecule has 0 saturated carbocycles. The summed E-state index contributed by atoms with van der Waals surface area (Å²) in [6, 6.07) is 4.66. The average molecular weight is 428 g/mol. The van der Waals surface area contributed by atoms with E-state index < -0.39 is 41.1 Å². The Morgan fingerprint density at radius 1 is 0.897 bits per heavy atom. The standard InChI is InChI=1S/C18H12F8O3/c1-2-28-15(27)10-3-8-14(13(19)9-10)29-12-6-4-11(5-7-12)16(20,17(21,22)23)18(24,25)26/h3-9H,2H2,1H3. The Bertz CT molecular complexity index is 858. The molecule has 0 aliphatic rings. The third kappa shape index (κ3) is 4.43. The molecule has 158 valence electrons. The van der Waals surface area contributed by atoms with Crippen LogP contribution in [0.5, 0.6) is 11.5 Å². The first-order chi connectivity index (χ1) is 13.3. The second-order valence-electron chi connectivity index (χ2n) is 5.65. The highest BCUT2D eigenvalue weighted by molar-refractivity contribution is 5.89. The number of hydrogen-bond acceptors (Lipinski definition) is 3. The number of rotatable bonds is 5. The lowest BCUT2D eigenvalue weighted by Gasteiger charge is -2.30. The minimum absolute atomic E-state index is 0.0525. The normalized spacial score (nSPS) is 12.6. The Balaban J connectivity index is 2.29. The number of benzene rings is 2. The summed E-state index contributed by atoms with van der Waals surface area (Å²) in [5.41, 5.74) is -7.42. The van der Waals surface area contributed by atoms with Crippen molar-refractivity contribution in [3.05, 3.63) is 59.4 Å². The number of carbonyl (C=O) groups is 1. The molecule has 11 heteroatoms. The van der Waals surface area contributed by atoms with Crippen LogP contribution in [-0.4, -0.2) is 24.9 Å². The zero-order valence-electron chi connectivity index (χ0n) is 14.5. The predicted molar refractivity (Wildman–Crippen MR) is 83.8 cm³/mol. The molecule has 0 aliphatic heterocycles. The summed E-state index contributed by atoms with van der Waals surface area (Å²) in [4.78, 5) is 11.5. The summed E-state index contributed by atoms with van der Waals surface area (Å²) in [5.74, 6) is -2.67. The molecule has 0 spiro atoms. The van der Waals surface area contributed by atoms with Gasteiger partial charge in [-0.3, -0.25) is 0 Å². The van der Waals surface area contributed by atoms with Crippen LogP contribution in [0, 0.1) is 5.82 Å². The molecule has 0 aliphatic carbocycles. The maximum Gasteiger partial charge on any atom is 0.435 e. The largest absolute Gasteiger partial charge is 0.462 e. The lowest BCUT2D eigenvalue weighted by atomic mass is 9.94.